The van der Waals surface area contributed by atoms with Crippen LogP contribution in [0.4, 0.5) is 5.82 Å². The van der Waals surface area contributed by atoms with Gasteiger partial charge in [0.15, 0.2) is 0 Å². The number of methoxy groups -OCH3 is 1. The van der Waals surface area contributed by atoms with E-state index in [4.69, 9.17) is 15.2 Å². The first kappa shape index (κ1) is 15.9. The van der Waals surface area contributed by atoms with E-state index in [1.54, 1.807) is 7.11 Å². The standard InChI is InChI=1S/C14H25N3O2/c1-11(7-8-18-4)19-10-12-5-6-14(15)16-13(12)9-17(2)3/h5-6,11H,7-10H2,1-4H3,(H2,15,16). The van der Waals surface area contributed by atoms with Crippen molar-refractivity contribution in [3.05, 3.63) is 23.4 Å². The van der Waals surface area contributed by atoms with Crippen molar-refractivity contribution in [3.63, 3.8) is 0 Å². The van der Waals surface area contributed by atoms with E-state index in [0.29, 0.717) is 19.0 Å². The lowest BCUT2D eigenvalue weighted by Crippen LogP contribution is -2.16. The first-order valence-corrected chi connectivity index (χ1v) is 6.52. The topological polar surface area (TPSA) is 60.6 Å². The number of pyridine rings is 1. The number of nitrogens with zero attached hydrogens (tertiary/aromatic N) is 2. The van der Waals surface area contributed by atoms with Crippen LogP contribution in [0.5, 0.6) is 0 Å². The summed E-state index contributed by atoms with van der Waals surface area (Å²) in [5.74, 6) is 0.549. The monoisotopic (exact) mass is 267 g/mol. The lowest BCUT2D eigenvalue weighted by atomic mass is 10.2. The molecule has 1 atom stereocenters. The van der Waals surface area contributed by atoms with Gasteiger partial charge < -0.3 is 20.1 Å². The van der Waals surface area contributed by atoms with Crippen molar-refractivity contribution in [2.75, 3.05) is 33.5 Å². The number of ether oxygens (including phenoxy) is 2. The number of nitrogen functional groups attached to an aromatic ring is 1. The lowest BCUT2D eigenvalue weighted by molar-refractivity contribution is 0.0295. The summed E-state index contributed by atoms with van der Waals surface area (Å²) in [4.78, 5) is 6.45. The zero-order chi connectivity index (χ0) is 14.3. The largest absolute Gasteiger partial charge is 0.385 e. The quantitative estimate of drug-likeness (QED) is 0.776. The molecule has 0 aliphatic rings. The second-order valence-corrected chi connectivity index (χ2v) is 4.98. The Balaban J connectivity index is 2.61. The fourth-order valence-corrected chi connectivity index (χ4v) is 1.71. The summed E-state index contributed by atoms with van der Waals surface area (Å²) in [6.45, 7) is 4.08. The highest BCUT2D eigenvalue weighted by Gasteiger charge is 2.09. The van der Waals surface area contributed by atoms with Gasteiger partial charge in [-0.1, -0.05) is 6.07 Å². The molecule has 5 nitrogen and oxygen atoms in total. The van der Waals surface area contributed by atoms with Gasteiger partial charge in [-0.2, -0.15) is 0 Å². The molecule has 108 valence electrons. The highest BCUT2D eigenvalue weighted by Crippen LogP contribution is 2.13. The van der Waals surface area contributed by atoms with Gasteiger partial charge >= 0.3 is 0 Å². The lowest BCUT2D eigenvalue weighted by Gasteiger charge is -2.16. The fourth-order valence-electron chi connectivity index (χ4n) is 1.71. The highest BCUT2D eigenvalue weighted by molar-refractivity contribution is 5.34. The third kappa shape index (κ3) is 6.00. The second-order valence-electron chi connectivity index (χ2n) is 4.98. The molecule has 0 aromatic carbocycles. The molecule has 1 unspecified atom stereocenters. The number of rotatable bonds is 8. The fraction of sp³-hybridized carbons (Fsp3) is 0.643. The summed E-state index contributed by atoms with van der Waals surface area (Å²) in [7, 11) is 5.72. The summed E-state index contributed by atoms with van der Waals surface area (Å²) in [5.41, 5.74) is 7.80. The Bertz CT molecular complexity index is 383. The van der Waals surface area contributed by atoms with Crippen LogP contribution in [0.1, 0.15) is 24.6 Å². The third-order valence-corrected chi connectivity index (χ3v) is 2.81. The normalized spacial score (nSPS) is 12.9. The van der Waals surface area contributed by atoms with Gasteiger partial charge in [-0.15, -0.1) is 0 Å². The van der Waals surface area contributed by atoms with Crippen LogP contribution in [-0.4, -0.2) is 43.8 Å². The Morgan fingerprint density at radius 3 is 2.74 bits per heavy atom. The molecule has 1 rings (SSSR count). The molecule has 0 aliphatic carbocycles. The van der Waals surface area contributed by atoms with E-state index >= 15 is 0 Å². The van der Waals surface area contributed by atoms with Crippen LogP contribution in [-0.2, 0) is 22.6 Å². The molecule has 1 heterocycles. The summed E-state index contributed by atoms with van der Waals surface area (Å²) in [6, 6.07) is 3.81. The molecule has 0 saturated carbocycles. The average molecular weight is 267 g/mol. The van der Waals surface area contributed by atoms with Crippen molar-refractivity contribution in [1.29, 1.82) is 0 Å². The molecule has 0 saturated heterocycles. The van der Waals surface area contributed by atoms with Gasteiger partial charge in [-0.3, -0.25) is 0 Å². The van der Waals surface area contributed by atoms with E-state index in [1.165, 1.54) is 0 Å². The van der Waals surface area contributed by atoms with Gasteiger partial charge in [0.2, 0.25) is 0 Å². The van der Waals surface area contributed by atoms with Crippen LogP contribution >= 0.6 is 0 Å². The van der Waals surface area contributed by atoms with Gasteiger partial charge in [0.05, 0.1) is 18.4 Å². The first-order valence-electron chi connectivity index (χ1n) is 6.52. The predicted molar refractivity (Wildman–Crippen MR) is 76.8 cm³/mol. The highest BCUT2D eigenvalue weighted by atomic mass is 16.5. The maximum absolute atomic E-state index is 5.81. The molecule has 2 N–H and O–H groups in total. The van der Waals surface area contributed by atoms with Gasteiger partial charge in [0.25, 0.3) is 0 Å². The number of aromatic nitrogens is 1. The molecule has 1 aromatic heterocycles. The SMILES string of the molecule is COCCC(C)OCc1ccc(N)nc1CN(C)C. The zero-order valence-corrected chi connectivity index (χ0v) is 12.3. The number of anilines is 1. The predicted octanol–water partition coefficient (Wildman–Crippen LogP) is 1.67. The molecule has 5 heteroatoms. The minimum atomic E-state index is 0.171. The van der Waals surface area contributed by atoms with E-state index in [1.807, 2.05) is 26.2 Å². The average Bonchev–Trinajstić information content (AvgIpc) is 2.34. The maximum atomic E-state index is 5.81. The molecular weight excluding hydrogens is 242 g/mol. The molecule has 0 aliphatic heterocycles. The van der Waals surface area contributed by atoms with Crippen molar-refractivity contribution in [1.82, 2.24) is 9.88 Å². The molecule has 0 radical (unpaired) electrons. The minimum absolute atomic E-state index is 0.171. The van der Waals surface area contributed by atoms with Gasteiger partial charge in [0, 0.05) is 25.8 Å². The van der Waals surface area contributed by atoms with Crippen LogP contribution < -0.4 is 5.73 Å². The molecular formula is C14H25N3O2. The summed E-state index contributed by atoms with van der Waals surface area (Å²) in [5, 5.41) is 0. The van der Waals surface area contributed by atoms with Gasteiger partial charge in [-0.25, -0.2) is 4.98 Å². The Hall–Kier alpha value is -1.17. The molecule has 0 spiro atoms. The number of nitrogens with two attached hydrogens (primary N) is 1. The van der Waals surface area contributed by atoms with Crippen molar-refractivity contribution in [2.45, 2.75) is 32.6 Å². The number of hydrogen-bond donors (Lipinski definition) is 1. The smallest absolute Gasteiger partial charge is 0.123 e. The maximum Gasteiger partial charge on any atom is 0.123 e. The Morgan fingerprint density at radius 2 is 2.11 bits per heavy atom. The van der Waals surface area contributed by atoms with E-state index < -0.39 is 0 Å². The van der Waals surface area contributed by atoms with Gasteiger partial charge in [0.1, 0.15) is 5.82 Å². The van der Waals surface area contributed by atoms with Gasteiger partial charge in [-0.05, 0) is 33.5 Å². The van der Waals surface area contributed by atoms with Crippen LogP contribution in [0.2, 0.25) is 0 Å². The zero-order valence-electron chi connectivity index (χ0n) is 12.3. The van der Waals surface area contributed by atoms with E-state index in [2.05, 4.69) is 16.8 Å². The summed E-state index contributed by atoms with van der Waals surface area (Å²) in [6.07, 6.45) is 1.06. The minimum Gasteiger partial charge on any atom is -0.385 e. The molecule has 0 amide bonds. The number of hydrogen-bond acceptors (Lipinski definition) is 5. The Morgan fingerprint density at radius 1 is 1.37 bits per heavy atom. The van der Waals surface area contributed by atoms with Crippen LogP contribution in [0.15, 0.2) is 12.1 Å². The molecule has 1 aromatic rings. The van der Waals surface area contributed by atoms with Crippen molar-refractivity contribution in [3.8, 4) is 0 Å². The van der Waals surface area contributed by atoms with E-state index in [0.717, 1.165) is 24.2 Å². The summed E-state index contributed by atoms with van der Waals surface area (Å²) < 4.78 is 10.9. The van der Waals surface area contributed by atoms with Crippen molar-refractivity contribution < 1.29 is 9.47 Å². The Labute approximate surface area is 115 Å². The van der Waals surface area contributed by atoms with Crippen molar-refractivity contribution in [2.24, 2.45) is 0 Å². The van der Waals surface area contributed by atoms with Crippen LogP contribution in [0, 0.1) is 0 Å². The van der Waals surface area contributed by atoms with E-state index in [9.17, 15) is 0 Å². The summed E-state index contributed by atoms with van der Waals surface area (Å²) >= 11 is 0. The van der Waals surface area contributed by atoms with Crippen LogP contribution in [0.25, 0.3) is 0 Å². The molecule has 0 bridgehead atoms. The third-order valence-electron chi connectivity index (χ3n) is 2.81. The van der Waals surface area contributed by atoms with E-state index in [-0.39, 0.29) is 6.10 Å². The molecule has 19 heavy (non-hydrogen) atoms. The first-order chi connectivity index (χ1) is 9.02. The Kier molecular flexibility index (Phi) is 6.77. The van der Waals surface area contributed by atoms with Crippen molar-refractivity contribution >= 4 is 5.82 Å². The molecule has 0 fully saturated rings. The van der Waals surface area contributed by atoms with Crippen LogP contribution in [0.3, 0.4) is 0 Å². The second kappa shape index (κ2) is 8.09.